The molecular formula is C10H10F2O2S. The van der Waals surface area contributed by atoms with Gasteiger partial charge in [-0.05, 0) is 19.2 Å². The van der Waals surface area contributed by atoms with Crippen molar-refractivity contribution in [2.24, 2.45) is 0 Å². The zero-order valence-electron chi connectivity index (χ0n) is 8.34. The number of ether oxygens (including phenoxy) is 1. The summed E-state index contributed by atoms with van der Waals surface area (Å²) < 4.78 is 31.6. The topological polar surface area (TPSA) is 26.3 Å². The van der Waals surface area contributed by atoms with Crippen LogP contribution >= 0.6 is 11.8 Å². The van der Waals surface area contributed by atoms with Crippen LogP contribution in [0.5, 0.6) is 5.75 Å². The van der Waals surface area contributed by atoms with Gasteiger partial charge in [0.1, 0.15) is 0 Å². The maximum atomic E-state index is 13.4. The highest BCUT2D eigenvalue weighted by Gasteiger charge is 2.18. The molecule has 1 rings (SSSR count). The van der Waals surface area contributed by atoms with Crippen LogP contribution in [0.2, 0.25) is 0 Å². The molecule has 0 fully saturated rings. The van der Waals surface area contributed by atoms with Gasteiger partial charge in [0, 0.05) is 4.90 Å². The summed E-state index contributed by atoms with van der Waals surface area (Å²) in [5, 5.41) is 0. The molecule has 5 heteroatoms. The first kappa shape index (κ1) is 12.0. The van der Waals surface area contributed by atoms with Gasteiger partial charge in [0.2, 0.25) is 5.82 Å². The summed E-state index contributed by atoms with van der Waals surface area (Å²) in [6.07, 6.45) is 2.06. The van der Waals surface area contributed by atoms with Gasteiger partial charge in [-0.2, -0.15) is 4.39 Å². The van der Waals surface area contributed by atoms with Crippen molar-refractivity contribution in [3.05, 3.63) is 23.3 Å². The molecule has 2 nitrogen and oxygen atoms in total. The third kappa shape index (κ3) is 2.28. The molecule has 1 aromatic rings. The SMILES string of the molecule is CCOc1c(C=O)cc(SC)c(F)c1F. The highest BCUT2D eigenvalue weighted by Crippen LogP contribution is 2.31. The van der Waals surface area contributed by atoms with Crippen molar-refractivity contribution < 1.29 is 18.3 Å². The first-order chi connectivity index (χ1) is 7.15. The van der Waals surface area contributed by atoms with E-state index in [4.69, 9.17) is 4.74 Å². The van der Waals surface area contributed by atoms with E-state index >= 15 is 0 Å². The second kappa shape index (κ2) is 5.11. The van der Waals surface area contributed by atoms with E-state index in [-0.39, 0.29) is 22.8 Å². The van der Waals surface area contributed by atoms with Gasteiger partial charge in [0.25, 0.3) is 0 Å². The van der Waals surface area contributed by atoms with Crippen molar-refractivity contribution in [1.82, 2.24) is 0 Å². The number of hydrogen-bond donors (Lipinski definition) is 0. The van der Waals surface area contributed by atoms with Crippen LogP contribution in [0, 0.1) is 11.6 Å². The Morgan fingerprint density at radius 1 is 1.47 bits per heavy atom. The van der Waals surface area contributed by atoms with E-state index in [0.29, 0.717) is 6.29 Å². The van der Waals surface area contributed by atoms with E-state index < -0.39 is 11.6 Å². The fraction of sp³-hybridized carbons (Fsp3) is 0.300. The molecule has 82 valence electrons. The molecule has 0 heterocycles. The number of benzene rings is 1. The Balaban J connectivity index is 3.37. The lowest BCUT2D eigenvalue weighted by atomic mass is 10.2. The number of hydrogen-bond acceptors (Lipinski definition) is 3. The minimum Gasteiger partial charge on any atom is -0.490 e. The predicted molar refractivity (Wildman–Crippen MR) is 54.7 cm³/mol. The van der Waals surface area contributed by atoms with Crippen LogP contribution in [0.25, 0.3) is 0 Å². The molecule has 0 saturated heterocycles. The Labute approximate surface area is 90.6 Å². The molecule has 0 aromatic heterocycles. The maximum absolute atomic E-state index is 13.4. The molecule has 15 heavy (non-hydrogen) atoms. The van der Waals surface area contributed by atoms with E-state index in [9.17, 15) is 13.6 Å². The van der Waals surface area contributed by atoms with Gasteiger partial charge in [-0.25, -0.2) is 4.39 Å². The Bertz CT molecular complexity index is 380. The zero-order valence-corrected chi connectivity index (χ0v) is 9.16. The summed E-state index contributed by atoms with van der Waals surface area (Å²) in [4.78, 5) is 10.8. The summed E-state index contributed by atoms with van der Waals surface area (Å²) in [6, 6.07) is 1.28. The van der Waals surface area contributed by atoms with Crippen LogP contribution in [0.3, 0.4) is 0 Å². The van der Waals surface area contributed by atoms with Gasteiger partial charge in [0.05, 0.1) is 12.2 Å². The number of carbonyl (C=O) groups excluding carboxylic acids is 1. The Hall–Kier alpha value is -1.10. The summed E-state index contributed by atoms with van der Waals surface area (Å²) in [5.74, 6) is -2.40. The average Bonchev–Trinajstić information content (AvgIpc) is 2.25. The predicted octanol–water partition coefficient (Wildman–Crippen LogP) is 2.90. The quantitative estimate of drug-likeness (QED) is 0.589. The summed E-state index contributed by atoms with van der Waals surface area (Å²) in [6.45, 7) is 1.81. The van der Waals surface area contributed by atoms with Crippen LogP contribution in [-0.2, 0) is 0 Å². The van der Waals surface area contributed by atoms with Gasteiger partial charge in [-0.3, -0.25) is 4.79 Å². The monoisotopic (exact) mass is 232 g/mol. The molecule has 0 aliphatic carbocycles. The lowest BCUT2D eigenvalue weighted by Crippen LogP contribution is -2.02. The Kier molecular flexibility index (Phi) is 4.08. The first-order valence-electron chi connectivity index (χ1n) is 4.29. The molecule has 0 bridgehead atoms. The number of thioether (sulfide) groups is 1. The fourth-order valence-electron chi connectivity index (χ4n) is 1.13. The summed E-state index contributed by atoms with van der Waals surface area (Å²) >= 11 is 1.04. The molecule has 0 aliphatic rings. The van der Waals surface area contributed by atoms with Gasteiger partial charge in [0.15, 0.2) is 17.9 Å². The molecule has 1 aromatic carbocycles. The van der Waals surface area contributed by atoms with Gasteiger partial charge in [-0.1, -0.05) is 0 Å². The smallest absolute Gasteiger partial charge is 0.202 e. The molecule has 0 unspecified atom stereocenters. The normalized spacial score (nSPS) is 10.1. The van der Waals surface area contributed by atoms with E-state index in [2.05, 4.69) is 0 Å². The molecule has 0 radical (unpaired) electrons. The van der Waals surface area contributed by atoms with E-state index in [1.165, 1.54) is 6.07 Å². The molecule has 0 atom stereocenters. The Morgan fingerprint density at radius 3 is 2.60 bits per heavy atom. The summed E-state index contributed by atoms with van der Waals surface area (Å²) in [7, 11) is 0. The minimum absolute atomic E-state index is 0.0279. The Morgan fingerprint density at radius 2 is 2.13 bits per heavy atom. The minimum atomic E-state index is -1.11. The average molecular weight is 232 g/mol. The van der Waals surface area contributed by atoms with E-state index in [0.717, 1.165) is 11.8 Å². The van der Waals surface area contributed by atoms with Crippen LogP contribution in [0.1, 0.15) is 17.3 Å². The first-order valence-corrected chi connectivity index (χ1v) is 5.52. The van der Waals surface area contributed by atoms with Crippen molar-refractivity contribution in [1.29, 1.82) is 0 Å². The van der Waals surface area contributed by atoms with E-state index in [1.54, 1.807) is 13.2 Å². The molecule has 0 N–H and O–H groups in total. The molecule has 0 spiro atoms. The van der Waals surface area contributed by atoms with Gasteiger partial charge >= 0.3 is 0 Å². The second-order valence-corrected chi connectivity index (χ2v) is 3.52. The standard InChI is InChI=1S/C10H10F2O2S/c1-3-14-10-6(5-13)4-7(15-2)8(11)9(10)12/h4-5H,3H2,1-2H3. The van der Waals surface area contributed by atoms with Gasteiger partial charge in [-0.15, -0.1) is 11.8 Å². The molecule has 0 saturated carbocycles. The largest absolute Gasteiger partial charge is 0.490 e. The highest BCUT2D eigenvalue weighted by molar-refractivity contribution is 7.98. The van der Waals surface area contributed by atoms with Crippen molar-refractivity contribution >= 4 is 18.0 Å². The lowest BCUT2D eigenvalue weighted by Gasteiger charge is -2.10. The molecule has 0 amide bonds. The number of aldehydes is 1. The van der Waals surface area contributed by atoms with Crippen LogP contribution in [-0.4, -0.2) is 19.1 Å². The second-order valence-electron chi connectivity index (χ2n) is 2.68. The number of rotatable bonds is 4. The lowest BCUT2D eigenvalue weighted by molar-refractivity contribution is 0.111. The van der Waals surface area contributed by atoms with Crippen molar-refractivity contribution in [2.45, 2.75) is 11.8 Å². The highest BCUT2D eigenvalue weighted by atomic mass is 32.2. The van der Waals surface area contributed by atoms with Crippen molar-refractivity contribution in [3.8, 4) is 5.75 Å². The third-order valence-corrected chi connectivity index (χ3v) is 2.53. The summed E-state index contributed by atoms with van der Waals surface area (Å²) in [5.41, 5.74) is 0.0279. The zero-order chi connectivity index (χ0) is 11.4. The number of halogens is 2. The van der Waals surface area contributed by atoms with Crippen LogP contribution in [0.4, 0.5) is 8.78 Å². The number of carbonyl (C=O) groups is 1. The van der Waals surface area contributed by atoms with Crippen LogP contribution < -0.4 is 4.74 Å². The van der Waals surface area contributed by atoms with Crippen LogP contribution in [0.15, 0.2) is 11.0 Å². The van der Waals surface area contributed by atoms with Gasteiger partial charge < -0.3 is 4.74 Å². The van der Waals surface area contributed by atoms with E-state index in [1.807, 2.05) is 0 Å². The third-order valence-electron chi connectivity index (χ3n) is 1.79. The van der Waals surface area contributed by atoms with Crippen molar-refractivity contribution in [2.75, 3.05) is 12.9 Å². The fourth-order valence-corrected chi connectivity index (χ4v) is 1.65. The van der Waals surface area contributed by atoms with Crippen molar-refractivity contribution in [3.63, 3.8) is 0 Å². The maximum Gasteiger partial charge on any atom is 0.202 e. The molecule has 0 aliphatic heterocycles. The molecular weight excluding hydrogens is 222 g/mol.